The molecule has 0 aliphatic rings. The number of hydrogen-bond acceptors (Lipinski definition) is 2. The number of anilines is 1. The molecule has 4 nitrogen and oxygen atoms in total. The summed E-state index contributed by atoms with van der Waals surface area (Å²) in [4.78, 5) is 28.3. The van der Waals surface area contributed by atoms with Crippen molar-refractivity contribution in [1.29, 1.82) is 0 Å². The molecule has 0 atom stereocenters. The monoisotopic (exact) mass is 304 g/mol. The van der Waals surface area contributed by atoms with Crippen LogP contribution in [0.2, 0.25) is 0 Å². The van der Waals surface area contributed by atoms with Crippen LogP contribution in [0.1, 0.15) is 45.6 Å². The number of rotatable bonds is 8. The topological polar surface area (TPSA) is 40.6 Å². The third kappa shape index (κ3) is 5.17. The van der Waals surface area contributed by atoms with Crippen LogP contribution in [-0.2, 0) is 9.59 Å². The van der Waals surface area contributed by atoms with E-state index in [1.807, 2.05) is 52.0 Å². The lowest BCUT2D eigenvalue weighted by Crippen LogP contribution is -2.38. The number of carbonyl (C=O) groups excluding carboxylic acids is 2. The first-order chi connectivity index (χ1) is 10.5. The van der Waals surface area contributed by atoms with E-state index in [0.29, 0.717) is 6.54 Å². The van der Waals surface area contributed by atoms with Crippen LogP contribution in [-0.4, -0.2) is 36.3 Å². The molecule has 0 N–H and O–H groups in total. The fraction of sp³-hybridized carbons (Fsp3) is 0.556. The van der Waals surface area contributed by atoms with Gasteiger partial charge < -0.3 is 9.80 Å². The Hall–Kier alpha value is -1.84. The largest absolute Gasteiger partial charge is 0.342 e. The average Bonchev–Trinajstić information content (AvgIpc) is 2.47. The first kappa shape index (κ1) is 18.2. The number of aryl methyl sites for hydroxylation is 1. The van der Waals surface area contributed by atoms with E-state index < -0.39 is 0 Å². The molecule has 0 unspecified atom stereocenters. The van der Waals surface area contributed by atoms with Crippen LogP contribution in [0.5, 0.6) is 0 Å². The lowest BCUT2D eigenvalue weighted by atomic mass is 10.2. The molecule has 0 saturated heterocycles. The van der Waals surface area contributed by atoms with Gasteiger partial charge in [0.05, 0.1) is 0 Å². The summed E-state index contributed by atoms with van der Waals surface area (Å²) in [5.41, 5.74) is 1.96. The van der Waals surface area contributed by atoms with Gasteiger partial charge in [0.25, 0.3) is 0 Å². The maximum Gasteiger partial charge on any atom is 0.236 e. The van der Waals surface area contributed by atoms with Gasteiger partial charge in [-0.25, -0.2) is 0 Å². The number of nitrogens with zero attached hydrogens (tertiary/aromatic N) is 2. The molecule has 0 aliphatic heterocycles. The molecule has 0 heterocycles. The maximum absolute atomic E-state index is 12.5. The van der Waals surface area contributed by atoms with Crippen LogP contribution >= 0.6 is 0 Å². The molecule has 22 heavy (non-hydrogen) atoms. The molecule has 122 valence electrons. The molecule has 0 radical (unpaired) electrons. The lowest BCUT2D eigenvalue weighted by molar-refractivity contribution is -0.135. The highest BCUT2D eigenvalue weighted by atomic mass is 16.2. The molecule has 0 bridgehead atoms. The summed E-state index contributed by atoms with van der Waals surface area (Å²) < 4.78 is 0. The van der Waals surface area contributed by atoms with Crippen molar-refractivity contribution in [2.45, 2.75) is 47.0 Å². The third-order valence-electron chi connectivity index (χ3n) is 3.57. The van der Waals surface area contributed by atoms with Gasteiger partial charge in [-0.3, -0.25) is 9.59 Å². The third-order valence-corrected chi connectivity index (χ3v) is 3.57. The second-order valence-electron chi connectivity index (χ2n) is 5.53. The van der Waals surface area contributed by atoms with Crippen LogP contribution in [0.15, 0.2) is 24.3 Å². The highest BCUT2D eigenvalue weighted by Gasteiger charge is 2.21. The molecule has 0 aliphatic carbocycles. The zero-order chi connectivity index (χ0) is 16.5. The van der Waals surface area contributed by atoms with Crippen LogP contribution in [0.3, 0.4) is 0 Å². The van der Waals surface area contributed by atoms with Crippen molar-refractivity contribution >= 4 is 17.5 Å². The molecule has 2 amide bonds. The van der Waals surface area contributed by atoms with Crippen molar-refractivity contribution in [3.8, 4) is 0 Å². The van der Waals surface area contributed by atoms with Crippen molar-refractivity contribution in [2.75, 3.05) is 24.5 Å². The minimum Gasteiger partial charge on any atom is -0.342 e. The first-order valence-electron chi connectivity index (χ1n) is 8.18. The van der Waals surface area contributed by atoms with Crippen LogP contribution in [0.25, 0.3) is 0 Å². The van der Waals surface area contributed by atoms with Crippen molar-refractivity contribution in [3.63, 3.8) is 0 Å². The minimum atomic E-state index is -0.129. The Morgan fingerprint density at radius 1 is 1.00 bits per heavy atom. The Kier molecular flexibility index (Phi) is 7.64. The van der Waals surface area contributed by atoms with Crippen LogP contribution < -0.4 is 4.90 Å². The predicted octanol–water partition coefficient (Wildman–Crippen LogP) is 3.39. The van der Waals surface area contributed by atoms with Crippen molar-refractivity contribution in [2.24, 2.45) is 0 Å². The molecule has 4 heteroatoms. The van der Waals surface area contributed by atoms with Gasteiger partial charge in [-0.1, -0.05) is 26.0 Å². The normalized spacial score (nSPS) is 10.4. The minimum absolute atomic E-state index is 0.0538. The maximum atomic E-state index is 12.5. The molecule has 1 aromatic rings. The molecule has 0 spiro atoms. The van der Waals surface area contributed by atoms with E-state index in [1.165, 1.54) is 0 Å². The van der Waals surface area contributed by atoms with E-state index in [2.05, 4.69) is 0 Å². The lowest BCUT2D eigenvalue weighted by Gasteiger charge is -2.25. The zero-order valence-electron chi connectivity index (χ0n) is 14.3. The zero-order valence-corrected chi connectivity index (χ0v) is 14.3. The Labute approximate surface area is 134 Å². The van der Waals surface area contributed by atoms with E-state index in [0.717, 1.165) is 37.2 Å². The standard InChI is InChI=1S/C18H28N2O2/c1-5-11-19(12-6-2)17(21)14-18(22)20(7-3)16-10-8-9-15(4)13-16/h8-10,13H,5-7,11-12,14H2,1-4H3. The molecular formula is C18H28N2O2. The van der Waals surface area contributed by atoms with Gasteiger partial charge in [-0.05, 0) is 44.4 Å². The summed E-state index contributed by atoms with van der Waals surface area (Å²) in [6.07, 6.45) is 1.77. The van der Waals surface area contributed by atoms with E-state index in [-0.39, 0.29) is 18.2 Å². The summed E-state index contributed by atoms with van der Waals surface area (Å²) in [6, 6.07) is 7.82. The smallest absolute Gasteiger partial charge is 0.236 e. The van der Waals surface area contributed by atoms with Gasteiger partial charge in [-0.15, -0.1) is 0 Å². The molecule has 1 aromatic carbocycles. The highest BCUT2D eigenvalue weighted by Crippen LogP contribution is 2.17. The molecule has 0 fully saturated rings. The fourth-order valence-electron chi connectivity index (χ4n) is 2.54. The van der Waals surface area contributed by atoms with Gasteiger partial charge in [0, 0.05) is 25.3 Å². The Balaban J connectivity index is 2.78. The fourth-order valence-corrected chi connectivity index (χ4v) is 2.54. The molecule has 1 rings (SSSR count). The van der Waals surface area contributed by atoms with E-state index in [4.69, 9.17) is 0 Å². The number of hydrogen-bond donors (Lipinski definition) is 0. The van der Waals surface area contributed by atoms with Crippen LogP contribution in [0.4, 0.5) is 5.69 Å². The summed E-state index contributed by atoms with van der Waals surface area (Å²) in [7, 11) is 0. The highest BCUT2D eigenvalue weighted by molar-refractivity contribution is 6.05. The van der Waals surface area contributed by atoms with Gasteiger partial charge in [0.1, 0.15) is 6.42 Å². The van der Waals surface area contributed by atoms with Crippen molar-refractivity contribution in [1.82, 2.24) is 4.90 Å². The van der Waals surface area contributed by atoms with Gasteiger partial charge >= 0.3 is 0 Å². The number of benzene rings is 1. The quantitative estimate of drug-likeness (QED) is 0.691. The number of amides is 2. The second-order valence-corrected chi connectivity index (χ2v) is 5.53. The van der Waals surface area contributed by atoms with E-state index in [9.17, 15) is 9.59 Å². The summed E-state index contributed by atoms with van der Waals surface area (Å²) >= 11 is 0. The summed E-state index contributed by atoms with van der Waals surface area (Å²) in [5.74, 6) is -0.199. The van der Waals surface area contributed by atoms with Gasteiger partial charge in [0.2, 0.25) is 11.8 Å². The molecule has 0 aromatic heterocycles. The molecule has 0 saturated carbocycles. The van der Waals surface area contributed by atoms with Gasteiger partial charge in [-0.2, -0.15) is 0 Å². The predicted molar refractivity (Wildman–Crippen MR) is 91.0 cm³/mol. The van der Waals surface area contributed by atoms with E-state index in [1.54, 1.807) is 9.80 Å². The number of carbonyl (C=O) groups is 2. The Bertz CT molecular complexity index is 494. The Morgan fingerprint density at radius 3 is 2.14 bits per heavy atom. The SMILES string of the molecule is CCCN(CCC)C(=O)CC(=O)N(CC)c1cccc(C)c1. The second kappa shape index (κ2) is 9.23. The van der Waals surface area contributed by atoms with E-state index >= 15 is 0 Å². The first-order valence-corrected chi connectivity index (χ1v) is 8.18. The van der Waals surface area contributed by atoms with Crippen molar-refractivity contribution < 1.29 is 9.59 Å². The Morgan fingerprint density at radius 2 is 1.64 bits per heavy atom. The van der Waals surface area contributed by atoms with Crippen LogP contribution in [0, 0.1) is 6.92 Å². The molecular weight excluding hydrogens is 276 g/mol. The summed E-state index contributed by atoms with van der Waals surface area (Å²) in [6.45, 7) is 10.0. The average molecular weight is 304 g/mol. The van der Waals surface area contributed by atoms with Crippen molar-refractivity contribution in [3.05, 3.63) is 29.8 Å². The van der Waals surface area contributed by atoms with Gasteiger partial charge in [0.15, 0.2) is 0 Å². The summed E-state index contributed by atoms with van der Waals surface area (Å²) in [5, 5.41) is 0.